The van der Waals surface area contributed by atoms with Gasteiger partial charge in [0.25, 0.3) is 5.91 Å². The lowest BCUT2D eigenvalue weighted by Crippen LogP contribution is -2.36. The fraction of sp³-hybridized carbons (Fsp3) is 0.533. The van der Waals surface area contributed by atoms with E-state index in [1.807, 2.05) is 6.92 Å². The van der Waals surface area contributed by atoms with Gasteiger partial charge in [-0.2, -0.15) is 8.78 Å². The van der Waals surface area contributed by atoms with Crippen LogP contribution in [0.4, 0.5) is 8.78 Å². The maximum Gasteiger partial charge on any atom is 0.337 e. The Morgan fingerprint density at radius 2 is 1.82 bits per heavy atom. The largest absolute Gasteiger partial charge is 0.339 e. The molecule has 1 atom stereocenters. The highest BCUT2D eigenvalue weighted by Crippen LogP contribution is 2.35. The second-order valence-corrected chi connectivity index (χ2v) is 7.73. The molecule has 0 unspecified atom stereocenters. The van der Waals surface area contributed by atoms with E-state index in [-0.39, 0.29) is 17.5 Å². The van der Waals surface area contributed by atoms with Gasteiger partial charge in [-0.05, 0) is 43.4 Å². The summed E-state index contributed by atoms with van der Waals surface area (Å²) in [5, 5.41) is 0. The lowest BCUT2D eigenvalue weighted by atomic mass is 10.1. The second kappa shape index (κ2) is 6.32. The first-order valence-corrected chi connectivity index (χ1v) is 8.79. The Bertz CT molecular complexity index is 639. The summed E-state index contributed by atoms with van der Waals surface area (Å²) in [6.45, 7) is 2.00. The minimum atomic E-state index is -4.45. The summed E-state index contributed by atoms with van der Waals surface area (Å²) in [7, 11) is -2.71. The van der Waals surface area contributed by atoms with E-state index in [0.717, 1.165) is 12.8 Å². The molecule has 22 heavy (non-hydrogen) atoms. The SMILES string of the molecule is C[C@@H](C1CC1)N(C)C(=O)c1ccc(CS(=O)(=O)C(F)F)cc1. The molecule has 0 spiro atoms. The Morgan fingerprint density at radius 1 is 1.27 bits per heavy atom. The lowest BCUT2D eigenvalue weighted by molar-refractivity contribution is 0.0727. The van der Waals surface area contributed by atoms with Crippen LogP contribution >= 0.6 is 0 Å². The maximum absolute atomic E-state index is 12.3. The van der Waals surface area contributed by atoms with Crippen molar-refractivity contribution in [3.05, 3.63) is 35.4 Å². The molecule has 0 N–H and O–H groups in total. The molecule has 1 fully saturated rings. The molecule has 7 heteroatoms. The highest BCUT2D eigenvalue weighted by Gasteiger charge is 2.32. The molecule has 2 rings (SSSR count). The molecule has 0 heterocycles. The molecule has 0 saturated heterocycles. The Balaban J connectivity index is 2.06. The summed E-state index contributed by atoms with van der Waals surface area (Å²) in [4.78, 5) is 14.0. The van der Waals surface area contributed by atoms with Crippen molar-refractivity contribution in [2.75, 3.05) is 7.05 Å². The van der Waals surface area contributed by atoms with Gasteiger partial charge in [-0.1, -0.05) is 12.1 Å². The summed E-state index contributed by atoms with van der Waals surface area (Å²) >= 11 is 0. The number of sulfone groups is 1. The molecular weight excluding hydrogens is 312 g/mol. The van der Waals surface area contributed by atoms with Crippen molar-refractivity contribution in [1.82, 2.24) is 4.90 Å². The quantitative estimate of drug-likeness (QED) is 0.805. The van der Waals surface area contributed by atoms with E-state index in [4.69, 9.17) is 0 Å². The van der Waals surface area contributed by atoms with Gasteiger partial charge < -0.3 is 4.90 Å². The monoisotopic (exact) mass is 331 g/mol. The Morgan fingerprint density at radius 3 is 2.27 bits per heavy atom. The number of benzene rings is 1. The molecule has 122 valence electrons. The molecular formula is C15H19F2NO3S. The van der Waals surface area contributed by atoms with Crippen LogP contribution in [-0.2, 0) is 15.6 Å². The van der Waals surface area contributed by atoms with Crippen LogP contribution in [0.25, 0.3) is 0 Å². The van der Waals surface area contributed by atoms with Gasteiger partial charge in [0, 0.05) is 18.7 Å². The zero-order chi connectivity index (χ0) is 16.5. The Labute approximate surface area is 129 Å². The van der Waals surface area contributed by atoms with Crippen molar-refractivity contribution < 1.29 is 22.0 Å². The van der Waals surface area contributed by atoms with Crippen molar-refractivity contribution in [1.29, 1.82) is 0 Å². The number of nitrogens with zero attached hydrogens (tertiary/aromatic N) is 1. The van der Waals surface area contributed by atoms with E-state index in [2.05, 4.69) is 0 Å². The minimum absolute atomic E-state index is 0.150. The minimum Gasteiger partial charge on any atom is -0.339 e. The number of amides is 1. The predicted molar refractivity (Wildman–Crippen MR) is 79.3 cm³/mol. The van der Waals surface area contributed by atoms with Gasteiger partial charge in [0.1, 0.15) is 0 Å². The number of hydrogen-bond donors (Lipinski definition) is 0. The van der Waals surface area contributed by atoms with Crippen LogP contribution in [-0.4, -0.2) is 38.1 Å². The molecule has 0 radical (unpaired) electrons. The summed E-state index contributed by atoms with van der Waals surface area (Å²) < 4.78 is 47.0. The van der Waals surface area contributed by atoms with E-state index < -0.39 is 21.3 Å². The van der Waals surface area contributed by atoms with Crippen LogP contribution in [0.1, 0.15) is 35.7 Å². The van der Waals surface area contributed by atoms with Crippen LogP contribution in [0.2, 0.25) is 0 Å². The van der Waals surface area contributed by atoms with Gasteiger partial charge >= 0.3 is 5.76 Å². The van der Waals surface area contributed by atoms with Crippen LogP contribution in [0.15, 0.2) is 24.3 Å². The zero-order valence-electron chi connectivity index (χ0n) is 12.5. The summed E-state index contributed by atoms with van der Waals surface area (Å²) in [6.07, 6.45) is 2.26. The van der Waals surface area contributed by atoms with E-state index >= 15 is 0 Å². The molecule has 1 aliphatic carbocycles. The van der Waals surface area contributed by atoms with Crippen molar-refractivity contribution in [2.24, 2.45) is 5.92 Å². The molecule has 1 saturated carbocycles. The van der Waals surface area contributed by atoms with Gasteiger partial charge in [0.2, 0.25) is 9.84 Å². The van der Waals surface area contributed by atoms with Gasteiger partial charge in [-0.25, -0.2) is 8.42 Å². The highest BCUT2D eigenvalue weighted by atomic mass is 32.2. The van der Waals surface area contributed by atoms with Crippen LogP contribution in [0.3, 0.4) is 0 Å². The topological polar surface area (TPSA) is 54.5 Å². The first kappa shape index (κ1) is 16.9. The van der Waals surface area contributed by atoms with Crippen molar-refractivity contribution in [3.8, 4) is 0 Å². The van der Waals surface area contributed by atoms with Crippen molar-refractivity contribution in [2.45, 2.75) is 37.3 Å². The average Bonchev–Trinajstić information content (AvgIpc) is 3.30. The third kappa shape index (κ3) is 3.82. The van der Waals surface area contributed by atoms with Crippen LogP contribution in [0, 0.1) is 5.92 Å². The molecule has 1 aromatic rings. The molecule has 1 aromatic carbocycles. The molecule has 0 aliphatic heterocycles. The maximum atomic E-state index is 12.3. The predicted octanol–water partition coefficient (Wildman–Crippen LogP) is 2.69. The van der Waals surface area contributed by atoms with Crippen LogP contribution in [0.5, 0.6) is 0 Å². The fourth-order valence-corrected chi connectivity index (χ4v) is 3.11. The number of rotatable bonds is 6. The number of halogens is 2. The Hall–Kier alpha value is -1.50. The number of hydrogen-bond acceptors (Lipinski definition) is 3. The molecule has 0 bridgehead atoms. The number of carbonyl (C=O) groups is 1. The van der Waals surface area contributed by atoms with E-state index in [9.17, 15) is 22.0 Å². The normalized spacial score (nSPS) is 16.6. The first-order valence-electron chi connectivity index (χ1n) is 7.08. The standard InChI is InChI=1S/C15H19F2NO3S/c1-10(12-7-8-12)18(2)14(19)13-5-3-11(4-6-13)9-22(20,21)15(16)17/h3-6,10,12,15H,7-9H2,1-2H3/t10-/m0/s1. The lowest BCUT2D eigenvalue weighted by Gasteiger charge is -2.25. The van der Waals surface area contributed by atoms with Crippen molar-refractivity contribution >= 4 is 15.7 Å². The van der Waals surface area contributed by atoms with Gasteiger partial charge in [-0.3, -0.25) is 4.79 Å². The fourth-order valence-electron chi connectivity index (χ4n) is 2.32. The van der Waals surface area contributed by atoms with Gasteiger partial charge in [0.15, 0.2) is 0 Å². The zero-order valence-corrected chi connectivity index (χ0v) is 13.3. The smallest absolute Gasteiger partial charge is 0.337 e. The summed E-state index contributed by atoms with van der Waals surface area (Å²) in [5.74, 6) is -3.72. The average molecular weight is 331 g/mol. The summed E-state index contributed by atoms with van der Waals surface area (Å²) in [5.41, 5.74) is 0.669. The second-order valence-electron chi connectivity index (χ2n) is 5.76. The van der Waals surface area contributed by atoms with Crippen molar-refractivity contribution in [3.63, 3.8) is 0 Å². The number of carbonyl (C=O) groups excluding carboxylic acids is 1. The number of alkyl halides is 2. The molecule has 1 aliphatic rings. The molecule has 4 nitrogen and oxygen atoms in total. The van der Waals surface area contributed by atoms with Gasteiger partial charge in [-0.15, -0.1) is 0 Å². The highest BCUT2D eigenvalue weighted by molar-refractivity contribution is 7.90. The molecule has 1 amide bonds. The van der Waals surface area contributed by atoms with E-state index in [1.165, 1.54) is 24.3 Å². The van der Waals surface area contributed by atoms with E-state index in [1.54, 1.807) is 11.9 Å². The summed E-state index contributed by atoms with van der Waals surface area (Å²) in [6, 6.07) is 5.93. The van der Waals surface area contributed by atoms with Crippen LogP contribution < -0.4 is 0 Å². The third-order valence-electron chi connectivity index (χ3n) is 4.08. The first-order chi connectivity index (χ1) is 10.2. The van der Waals surface area contributed by atoms with Gasteiger partial charge in [0.05, 0.1) is 5.75 Å². The Kier molecular flexibility index (Phi) is 4.84. The molecule has 0 aromatic heterocycles. The third-order valence-corrected chi connectivity index (χ3v) is 5.35. The van der Waals surface area contributed by atoms with E-state index in [0.29, 0.717) is 11.5 Å².